The molecule has 1 aliphatic heterocycles. The van der Waals surface area contributed by atoms with Gasteiger partial charge in [0.15, 0.2) is 0 Å². The number of rotatable bonds is 3. The number of anilines is 1. The molecule has 0 saturated carbocycles. The van der Waals surface area contributed by atoms with Gasteiger partial charge in [0.25, 0.3) is 0 Å². The number of benzene rings is 2. The lowest BCUT2D eigenvalue weighted by Gasteiger charge is -2.31. The highest BCUT2D eigenvalue weighted by Crippen LogP contribution is 2.29. The summed E-state index contributed by atoms with van der Waals surface area (Å²) >= 11 is 0. The summed E-state index contributed by atoms with van der Waals surface area (Å²) in [5.74, 6) is -1.81. The van der Waals surface area contributed by atoms with Crippen LogP contribution >= 0.6 is 0 Å². The SMILES string of the molecule is CCn1cc(C(=O)O)c(=O)c2cc(F)c(N3CCc4ccccc4C3)cc21. The lowest BCUT2D eigenvalue weighted by Crippen LogP contribution is -2.31. The first-order chi connectivity index (χ1) is 13.0. The topological polar surface area (TPSA) is 62.5 Å². The van der Waals surface area contributed by atoms with E-state index in [1.54, 1.807) is 10.6 Å². The number of halogens is 1. The van der Waals surface area contributed by atoms with E-state index in [1.807, 2.05) is 30.0 Å². The zero-order chi connectivity index (χ0) is 19.1. The quantitative estimate of drug-likeness (QED) is 0.772. The first kappa shape index (κ1) is 17.3. The van der Waals surface area contributed by atoms with Crippen LogP contribution in [0.5, 0.6) is 0 Å². The predicted molar refractivity (Wildman–Crippen MR) is 102 cm³/mol. The fourth-order valence-corrected chi connectivity index (χ4v) is 3.76. The molecule has 0 amide bonds. The fourth-order valence-electron chi connectivity index (χ4n) is 3.76. The number of aryl methyl sites for hydroxylation is 1. The third-order valence-electron chi connectivity index (χ3n) is 5.19. The van der Waals surface area contributed by atoms with Crippen molar-refractivity contribution in [1.82, 2.24) is 4.57 Å². The number of hydrogen-bond donors (Lipinski definition) is 1. The Labute approximate surface area is 155 Å². The summed E-state index contributed by atoms with van der Waals surface area (Å²) in [6, 6.07) is 10.9. The molecule has 1 aliphatic rings. The number of fused-ring (bicyclic) bond motifs is 2. The van der Waals surface area contributed by atoms with Crippen molar-refractivity contribution < 1.29 is 14.3 Å². The number of hydrogen-bond acceptors (Lipinski definition) is 3. The first-order valence-electron chi connectivity index (χ1n) is 8.91. The van der Waals surface area contributed by atoms with Gasteiger partial charge < -0.3 is 14.6 Å². The number of pyridine rings is 1. The molecule has 0 aliphatic carbocycles. The van der Waals surface area contributed by atoms with Gasteiger partial charge in [0.1, 0.15) is 11.4 Å². The van der Waals surface area contributed by atoms with E-state index in [-0.39, 0.29) is 10.9 Å². The van der Waals surface area contributed by atoms with Gasteiger partial charge in [0, 0.05) is 31.2 Å². The molecule has 4 rings (SSSR count). The van der Waals surface area contributed by atoms with Crippen LogP contribution in [0.1, 0.15) is 28.4 Å². The molecule has 0 saturated heterocycles. The maximum Gasteiger partial charge on any atom is 0.341 e. The summed E-state index contributed by atoms with van der Waals surface area (Å²) in [4.78, 5) is 25.8. The third-order valence-corrected chi connectivity index (χ3v) is 5.19. The lowest BCUT2D eigenvalue weighted by atomic mass is 9.99. The minimum atomic E-state index is -1.30. The summed E-state index contributed by atoms with van der Waals surface area (Å²) in [5, 5.41) is 9.34. The molecule has 2 heterocycles. The zero-order valence-electron chi connectivity index (χ0n) is 14.9. The van der Waals surface area contributed by atoms with Crippen LogP contribution in [0, 0.1) is 5.82 Å². The molecule has 0 fully saturated rings. The number of aromatic carboxylic acids is 1. The maximum atomic E-state index is 14.9. The average Bonchev–Trinajstić information content (AvgIpc) is 2.67. The van der Waals surface area contributed by atoms with Gasteiger partial charge in [-0.2, -0.15) is 0 Å². The van der Waals surface area contributed by atoms with Gasteiger partial charge in [-0.3, -0.25) is 4.79 Å². The Kier molecular flexibility index (Phi) is 4.18. The molecular weight excluding hydrogens is 347 g/mol. The monoisotopic (exact) mass is 366 g/mol. The van der Waals surface area contributed by atoms with Gasteiger partial charge in [-0.15, -0.1) is 0 Å². The lowest BCUT2D eigenvalue weighted by molar-refractivity contribution is 0.0695. The summed E-state index contributed by atoms with van der Waals surface area (Å²) in [7, 11) is 0. The predicted octanol–water partition coefficient (Wildman–Crippen LogP) is 3.42. The van der Waals surface area contributed by atoms with Crippen molar-refractivity contribution in [3.05, 3.63) is 75.3 Å². The maximum absolute atomic E-state index is 14.9. The molecule has 0 radical (unpaired) electrons. The number of aromatic nitrogens is 1. The largest absolute Gasteiger partial charge is 0.477 e. The standard InChI is InChI=1S/C21H19FN2O3/c1-2-23-12-16(21(26)27)20(25)15-9-17(22)19(10-18(15)23)24-8-7-13-5-3-4-6-14(13)11-24/h3-6,9-10,12H,2,7-8,11H2,1H3,(H,26,27). The van der Waals surface area contributed by atoms with E-state index < -0.39 is 17.2 Å². The third kappa shape index (κ3) is 2.87. The van der Waals surface area contributed by atoms with Gasteiger partial charge in [-0.25, -0.2) is 9.18 Å². The minimum absolute atomic E-state index is 0.0930. The normalized spacial score (nSPS) is 13.6. The highest BCUT2D eigenvalue weighted by molar-refractivity contribution is 5.93. The Morgan fingerprint density at radius 1 is 1.22 bits per heavy atom. The highest BCUT2D eigenvalue weighted by Gasteiger charge is 2.22. The Hall–Kier alpha value is -3.15. The van der Waals surface area contributed by atoms with Crippen molar-refractivity contribution >= 4 is 22.6 Å². The highest BCUT2D eigenvalue weighted by atomic mass is 19.1. The fraction of sp³-hybridized carbons (Fsp3) is 0.238. The van der Waals surface area contributed by atoms with E-state index in [0.29, 0.717) is 30.8 Å². The Balaban J connectivity index is 1.86. The van der Waals surface area contributed by atoms with Crippen LogP contribution in [0.2, 0.25) is 0 Å². The second-order valence-corrected chi connectivity index (χ2v) is 6.72. The van der Waals surface area contributed by atoms with Crippen LogP contribution in [-0.2, 0) is 19.5 Å². The van der Waals surface area contributed by atoms with Crippen LogP contribution in [-0.4, -0.2) is 22.2 Å². The van der Waals surface area contributed by atoms with Gasteiger partial charge in [-0.1, -0.05) is 24.3 Å². The molecular formula is C21H19FN2O3. The number of carboxylic acids is 1. The van der Waals surface area contributed by atoms with Crippen LogP contribution in [0.25, 0.3) is 10.9 Å². The van der Waals surface area contributed by atoms with E-state index in [0.717, 1.165) is 12.0 Å². The molecule has 0 atom stereocenters. The molecule has 3 aromatic rings. The number of nitrogens with zero attached hydrogens (tertiary/aromatic N) is 2. The molecule has 0 unspecified atom stereocenters. The van der Waals surface area contributed by atoms with E-state index in [9.17, 15) is 19.1 Å². The Morgan fingerprint density at radius 3 is 2.67 bits per heavy atom. The van der Waals surface area contributed by atoms with Gasteiger partial charge in [0.2, 0.25) is 5.43 Å². The van der Waals surface area contributed by atoms with Crippen molar-refractivity contribution in [2.24, 2.45) is 0 Å². The summed E-state index contributed by atoms with van der Waals surface area (Å²) in [6.07, 6.45) is 2.16. The van der Waals surface area contributed by atoms with Crippen molar-refractivity contribution in [3.63, 3.8) is 0 Å². The van der Waals surface area contributed by atoms with Crippen LogP contribution < -0.4 is 10.3 Å². The minimum Gasteiger partial charge on any atom is -0.477 e. The van der Waals surface area contributed by atoms with E-state index in [1.165, 1.54) is 17.8 Å². The molecule has 2 aromatic carbocycles. The summed E-state index contributed by atoms with van der Waals surface area (Å²) in [5.41, 5.74) is 2.41. The average molecular weight is 366 g/mol. The Morgan fingerprint density at radius 2 is 1.96 bits per heavy atom. The Bertz CT molecular complexity index is 1120. The smallest absolute Gasteiger partial charge is 0.341 e. The van der Waals surface area contributed by atoms with E-state index in [4.69, 9.17) is 0 Å². The van der Waals surface area contributed by atoms with E-state index in [2.05, 4.69) is 6.07 Å². The molecule has 0 bridgehead atoms. The van der Waals surface area contributed by atoms with E-state index >= 15 is 0 Å². The van der Waals surface area contributed by atoms with Gasteiger partial charge >= 0.3 is 5.97 Å². The number of carbonyl (C=O) groups is 1. The van der Waals surface area contributed by atoms with Crippen molar-refractivity contribution in [1.29, 1.82) is 0 Å². The number of carboxylic acid groups (broad SMARTS) is 1. The molecule has 6 heteroatoms. The molecule has 0 spiro atoms. The summed E-state index contributed by atoms with van der Waals surface area (Å²) in [6.45, 7) is 3.62. The van der Waals surface area contributed by atoms with Crippen LogP contribution in [0.15, 0.2) is 47.4 Å². The molecule has 5 nitrogen and oxygen atoms in total. The molecule has 1 aromatic heterocycles. The second kappa shape index (κ2) is 6.54. The summed E-state index contributed by atoms with van der Waals surface area (Å²) < 4.78 is 16.6. The first-order valence-corrected chi connectivity index (χ1v) is 8.91. The molecule has 138 valence electrons. The van der Waals surface area contributed by atoms with Crippen molar-refractivity contribution in [2.75, 3.05) is 11.4 Å². The zero-order valence-corrected chi connectivity index (χ0v) is 14.9. The second-order valence-electron chi connectivity index (χ2n) is 6.72. The van der Waals surface area contributed by atoms with Crippen molar-refractivity contribution in [3.8, 4) is 0 Å². The molecule has 1 N–H and O–H groups in total. The molecule has 27 heavy (non-hydrogen) atoms. The van der Waals surface area contributed by atoms with Crippen LogP contribution in [0.3, 0.4) is 0 Å². The van der Waals surface area contributed by atoms with Gasteiger partial charge in [-0.05, 0) is 36.6 Å². The van der Waals surface area contributed by atoms with Crippen LogP contribution in [0.4, 0.5) is 10.1 Å². The van der Waals surface area contributed by atoms with Gasteiger partial charge in [0.05, 0.1) is 11.2 Å². The van der Waals surface area contributed by atoms with Crippen molar-refractivity contribution in [2.45, 2.75) is 26.4 Å².